The van der Waals surface area contributed by atoms with Gasteiger partial charge in [0.15, 0.2) is 0 Å². The first kappa shape index (κ1) is 13.7. The van der Waals surface area contributed by atoms with Crippen molar-refractivity contribution in [2.45, 2.75) is 45.8 Å². The molecule has 0 fully saturated rings. The van der Waals surface area contributed by atoms with Crippen molar-refractivity contribution in [2.24, 2.45) is 0 Å². The van der Waals surface area contributed by atoms with Crippen molar-refractivity contribution in [1.82, 2.24) is 5.09 Å². The number of hydrogen-bond acceptors (Lipinski definition) is 3. The van der Waals surface area contributed by atoms with E-state index in [1.165, 1.54) is 0 Å². The Morgan fingerprint density at radius 1 is 1.50 bits per heavy atom. The standard InChI is InChI=1S/C9H20NO3P/c1-6-13-8(11)7(2)10-14(12)9(3,4)5/h7,14H,6H2,1-5H3,(H,10,12)/t7-/m0/s1. The van der Waals surface area contributed by atoms with Crippen molar-refractivity contribution in [1.29, 1.82) is 0 Å². The molecule has 0 amide bonds. The highest BCUT2D eigenvalue weighted by molar-refractivity contribution is 7.44. The number of rotatable bonds is 4. The monoisotopic (exact) mass is 221 g/mol. The van der Waals surface area contributed by atoms with Crippen molar-refractivity contribution in [2.75, 3.05) is 6.61 Å². The summed E-state index contributed by atoms with van der Waals surface area (Å²) in [5, 5.41) is 2.48. The van der Waals surface area contributed by atoms with E-state index in [-0.39, 0.29) is 11.1 Å². The Morgan fingerprint density at radius 2 is 2.00 bits per heavy atom. The molecule has 14 heavy (non-hydrogen) atoms. The second-order valence-electron chi connectivity index (χ2n) is 4.20. The molecule has 0 radical (unpaired) electrons. The van der Waals surface area contributed by atoms with E-state index in [2.05, 4.69) is 5.09 Å². The van der Waals surface area contributed by atoms with E-state index in [0.29, 0.717) is 6.61 Å². The number of esters is 1. The number of ether oxygens (including phenoxy) is 1. The van der Waals surface area contributed by atoms with Crippen LogP contribution in [0.4, 0.5) is 0 Å². The van der Waals surface area contributed by atoms with Gasteiger partial charge in [-0.2, -0.15) is 0 Å². The Bertz CT molecular complexity index is 223. The smallest absolute Gasteiger partial charge is 0.323 e. The summed E-state index contributed by atoms with van der Waals surface area (Å²) in [6.45, 7) is 9.38. The Hall–Kier alpha value is -0.340. The van der Waals surface area contributed by atoms with Crippen LogP contribution >= 0.6 is 7.95 Å². The van der Waals surface area contributed by atoms with Gasteiger partial charge >= 0.3 is 5.97 Å². The summed E-state index contributed by atoms with van der Waals surface area (Å²) < 4.78 is 16.4. The van der Waals surface area contributed by atoms with Crippen LogP contribution in [0.25, 0.3) is 0 Å². The summed E-state index contributed by atoms with van der Waals surface area (Å²) in [5.41, 5.74) is 0. The molecule has 0 aromatic carbocycles. The first-order chi connectivity index (χ1) is 6.29. The molecule has 4 nitrogen and oxygen atoms in total. The maximum Gasteiger partial charge on any atom is 0.323 e. The van der Waals surface area contributed by atoms with E-state index < -0.39 is 14.0 Å². The van der Waals surface area contributed by atoms with Gasteiger partial charge < -0.3 is 9.30 Å². The van der Waals surface area contributed by atoms with Crippen LogP contribution in [-0.4, -0.2) is 23.8 Å². The highest BCUT2D eigenvalue weighted by atomic mass is 31.1. The van der Waals surface area contributed by atoms with Gasteiger partial charge in [-0.05, 0) is 13.8 Å². The molecule has 0 aromatic heterocycles. The van der Waals surface area contributed by atoms with Crippen LogP contribution < -0.4 is 5.09 Å². The van der Waals surface area contributed by atoms with Gasteiger partial charge in [-0.1, -0.05) is 20.8 Å². The largest absolute Gasteiger partial charge is 0.465 e. The first-order valence-electron chi connectivity index (χ1n) is 4.76. The molecule has 0 aromatic rings. The van der Waals surface area contributed by atoms with Crippen molar-refractivity contribution >= 4 is 13.9 Å². The minimum atomic E-state index is -1.97. The van der Waals surface area contributed by atoms with Crippen LogP contribution in [0.15, 0.2) is 0 Å². The van der Waals surface area contributed by atoms with Crippen LogP contribution in [0.3, 0.4) is 0 Å². The van der Waals surface area contributed by atoms with Crippen molar-refractivity contribution < 1.29 is 14.1 Å². The Morgan fingerprint density at radius 3 is 2.36 bits per heavy atom. The third kappa shape index (κ3) is 4.77. The average molecular weight is 221 g/mol. The summed E-state index contributed by atoms with van der Waals surface area (Å²) >= 11 is 0. The van der Waals surface area contributed by atoms with E-state index in [4.69, 9.17) is 4.74 Å². The quantitative estimate of drug-likeness (QED) is 0.581. The van der Waals surface area contributed by atoms with Gasteiger partial charge in [0.1, 0.15) is 14.0 Å². The molecule has 84 valence electrons. The normalized spacial score (nSPS) is 16.1. The first-order valence-corrected chi connectivity index (χ1v) is 6.17. The van der Waals surface area contributed by atoms with Crippen LogP contribution in [0.5, 0.6) is 0 Å². The Kier molecular flexibility index (Phi) is 5.38. The van der Waals surface area contributed by atoms with Crippen molar-refractivity contribution in [3.63, 3.8) is 0 Å². The SMILES string of the molecule is CCOC(=O)[C@H](C)N[PH](=O)C(C)(C)C. The number of carbonyl (C=O) groups excluding carboxylic acids is 1. The van der Waals surface area contributed by atoms with Crippen molar-refractivity contribution in [3.05, 3.63) is 0 Å². The maximum atomic E-state index is 11.6. The van der Waals surface area contributed by atoms with Crippen LogP contribution in [0.2, 0.25) is 0 Å². The molecule has 0 saturated heterocycles. The van der Waals surface area contributed by atoms with E-state index in [1.54, 1.807) is 13.8 Å². The van der Waals surface area contributed by atoms with Gasteiger partial charge in [0.2, 0.25) is 0 Å². The van der Waals surface area contributed by atoms with Crippen LogP contribution in [0, 0.1) is 0 Å². The Balaban J connectivity index is 4.13. The molecule has 0 aliphatic rings. The molecular formula is C9H20NO3P. The highest BCUT2D eigenvalue weighted by Crippen LogP contribution is 2.34. The predicted octanol–water partition coefficient (Wildman–Crippen LogP) is 1.80. The highest BCUT2D eigenvalue weighted by Gasteiger charge is 2.23. The van der Waals surface area contributed by atoms with Gasteiger partial charge in [-0.3, -0.25) is 9.88 Å². The summed E-state index contributed by atoms with van der Waals surface area (Å²) in [6, 6.07) is -0.499. The molecule has 0 rings (SSSR count). The fourth-order valence-corrected chi connectivity index (χ4v) is 1.68. The minimum absolute atomic E-state index is 0.300. The lowest BCUT2D eigenvalue weighted by Crippen LogP contribution is -2.33. The maximum absolute atomic E-state index is 11.6. The molecule has 5 heteroatoms. The fourth-order valence-electron chi connectivity index (χ4n) is 0.739. The second-order valence-corrected chi connectivity index (χ2v) is 6.64. The molecule has 1 N–H and O–H groups in total. The minimum Gasteiger partial charge on any atom is -0.465 e. The second kappa shape index (κ2) is 5.52. The third-order valence-corrected chi connectivity index (χ3v) is 3.73. The predicted molar refractivity (Wildman–Crippen MR) is 58.0 cm³/mol. The fraction of sp³-hybridized carbons (Fsp3) is 0.889. The molecular weight excluding hydrogens is 201 g/mol. The molecule has 0 spiro atoms. The van der Waals surface area contributed by atoms with Gasteiger partial charge in [-0.15, -0.1) is 0 Å². The van der Waals surface area contributed by atoms with E-state index in [9.17, 15) is 9.36 Å². The topological polar surface area (TPSA) is 55.4 Å². The van der Waals surface area contributed by atoms with Crippen molar-refractivity contribution in [3.8, 4) is 0 Å². The zero-order chi connectivity index (χ0) is 11.4. The van der Waals surface area contributed by atoms with Gasteiger partial charge in [0.05, 0.1) is 6.61 Å². The molecule has 0 saturated carbocycles. The van der Waals surface area contributed by atoms with Crippen LogP contribution in [-0.2, 0) is 14.1 Å². The zero-order valence-electron chi connectivity index (χ0n) is 9.51. The van der Waals surface area contributed by atoms with Gasteiger partial charge in [0.25, 0.3) is 0 Å². The summed E-state index contributed by atoms with van der Waals surface area (Å²) in [5.74, 6) is -0.352. The molecule has 0 aliphatic heterocycles. The molecule has 2 atom stereocenters. The lowest BCUT2D eigenvalue weighted by molar-refractivity contribution is -0.144. The van der Waals surface area contributed by atoms with E-state index in [0.717, 1.165) is 0 Å². The Labute approximate surface area is 86.2 Å². The lowest BCUT2D eigenvalue weighted by Gasteiger charge is -2.21. The summed E-state index contributed by atoms with van der Waals surface area (Å²) in [6.07, 6.45) is 0. The van der Waals surface area contributed by atoms with Gasteiger partial charge in [-0.25, -0.2) is 0 Å². The lowest BCUT2D eigenvalue weighted by atomic mass is 10.3. The summed E-state index contributed by atoms with van der Waals surface area (Å²) in [7, 11) is -1.97. The number of nitrogens with one attached hydrogen (secondary N) is 1. The molecule has 0 heterocycles. The molecule has 0 aliphatic carbocycles. The van der Waals surface area contributed by atoms with E-state index in [1.807, 2.05) is 20.8 Å². The average Bonchev–Trinajstić information content (AvgIpc) is 2.02. The van der Waals surface area contributed by atoms with Crippen LogP contribution in [0.1, 0.15) is 34.6 Å². The van der Waals surface area contributed by atoms with E-state index >= 15 is 0 Å². The number of hydrogen-bond donors (Lipinski definition) is 1. The molecule has 0 bridgehead atoms. The van der Waals surface area contributed by atoms with Gasteiger partial charge in [0, 0.05) is 5.16 Å². The summed E-state index contributed by atoms with van der Waals surface area (Å²) in [4.78, 5) is 11.2. The zero-order valence-corrected chi connectivity index (χ0v) is 10.5. The third-order valence-electron chi connectivity index (χ3n) is 1.67. The number of carbonyl (C=O) groups is 1. The molecule has 1 unspecified atom stereocenters.